The predicted octanol–water partition coefficient (Wildman–Crippen LogP) is 5.72. The van der Waals surface area contributed by atoms with Crippen LogP contribution in [0.15, 0.2) is 66.9 Å². The van der Waals surface area contributed by atoms with Crippen LogP contribution in [0.25, 0.3) is 5.69 Å². The molecule has 6 nitrogen and oxygen atoms in total. The molecule has 0 saturated heterocycles. The number of anilines is 2. The summed E-state index contributed by atoms with van der Waals surface area (Å²) in [4.78, 5) is 16.9. The van der Waals surface area contributed by atoms with E-state index < -0.39 is 23.5 Å². The fourth-order valence-electron chi connectivity index (χ4n) is 3.67. The lowest BCUT2D eigenvalue weighted by Crippen LogP contribution is -2.25. The van der Waals surface area contributed by atoms with Crippen LogP contribution in [0.5, 0.6) is 0 Å². The lowest BCUT2D eigenvalue weighted by Gasteiger charge is -2.16. The van der Waals surface area contributed by atoms with Gasteiger partial charge in [-0.2, -0.15) is 18.3 Å². The molecular weight excluding hydrogens is 462 g/mol. The van der Waals surface area contributed by atoms with E-state index in [9.17, 15) is 22.4 Å². The monoisotopic (exact) mass is 483 g/mol. The van der Waals surface area contributed by atoms with E-state index in [4.69, 9.17) is 0 Å². The molecular formula is C25H21F4N5O. The van der Waals surface area contributed by atoms with Crippen LogP contribution in [0.2, 0.25) is 0 Å². The van der Waals surface area contributed by atoms with Gasteiger partial charge in [-0.25, -0.2) is 14.1 Å². The lowest BCUT2D eigenvalue weighted by molar-refractivity contribution is -0.138. The first-order valence-corrected chi connectivity index (χ1v) is 10.6. The number of benzene rings is 2. The standard InChI is InChI=1S/C25H21F4N5O/c1-15-11-16(2)34(33-15)20-9-8-17(22(13-20)25(27,28)29)14-31-24(35)21-7-4-10-30-23(21)32-19-6-3-5-18(26)12-19/h3-13H,14H2,1-2H3,(H,30,32)(H,31,35). The van der Waals surface area contributed by atoms with Gasteiger partial charge in [0.05, 0.1) is 22.5 Å². The molecule has 4 rings (SSSR count). The third-order valence-electron chi connectivity index (χ3n) is 5.23. The van der Waals surface area contributed by atoms with E-state index >= 15 is 0 Å². The SMILES string of the molecule is Cc1cc(C)n(-c2ccc(CNC(=O)c3cccnc3Nc3cccc(F)c3)c(C(F)(F)F)c2)n1. The van der Waals surface area contributed by atoms with E-state index in [2.05, 4.69) is 20.7 Å². The van der Waals surface area contributed by atoms with Crippen molar-refractivity contribution < 1.29 is 22.4 Å². The summed E-state index contributed by atoms with van der Waals surface area (Å²) in [5, 5.41) is 9.62. The second-order valence-corrected chi connectivity index (χ2v) is 7.90. The normalized spacial score (nSPS) is 11.4. The van der Waals surface area contributed by atoms with Crippen molar-refractivity contribution in [3.05, 3.63) is 101 Å². The maximum absolute atomic E-state index is 13.8. The van der Waals surface area contributed by atoms with Crippen molar-refractivity contribution in [2.45, 2.75) is 26.6 Å². The number of carbonyl (C=O) groups is 1. The number of pyridine rings is 1. The Labute approximate surface area is 198 Å². The van der Waals surface area contributed by atoms with Crippen molar-refractivity contribution in [3.8, 4) is 5.69 Å². The first kappa shape index (κ1) is 23.9. The summed E-state index contributed by atoms with van der Waals surface area (Å²) in [5.74, 6) is -0.959. The van der Waals surface area contributed by atoms with Gasteiger partial charge >= 0.3 is 6.18 Å². The third-order valence-corrected chi connectivity index (χ3v) is 5.23. The molecule has 0 aliphatic rings. The number of hydrogen-bond donors (Lipinski definition) is 2. The first-order chi connectivity index (χ1) is 16.6. The minimum atomic E-state index is -4.63. The molecule has 4 aromatic rings. The van der Waals surface area contributed by atoms with Crippen LogP contribution >= 0.6 is 0 Å². The zero-order valence-electron chi connectivity index (χ0n) is 18.8. The van der Waals surface area contributed by atoms with Crippen LogP contribution < -0.4 is 10.6 Å². The zero-order chi connectivity index (χ0) is 25.2. The molecule has 0 aliphatic heterocycles. The van der Waals surface area contributed by atoms with Gasteiger partial charge in [-0.05, 0) is 67.9 Å². The number of hydrogen-bond acceptors (Lipinski definition) is 4. The molecule has 2 aromatic heterocycles. The van der Waals surface area contributed by atoms with Crippen LogP contribution in [-0.4, -0.2) is 20.7 Å². The Kier molecular flexibility index (Phi) is 6.54. The van der Waals surface area contributed by atoms with E-state index in [1.54, 1.807) is 26.0 Å². The van der Waals surface area contributed by atoms with Crippen molar-refractivity contribution in [1.29, 1.82) is 0 Å². The molecule has 0 unspecified atom stereocenters. The van der Waals surface area contributed by atoms with Crippen LogP contribution in [0.3, 0.4) is 0 Å². The second-order valence-electron chi connectivity index (χ2n) is 7.90. The molecule has 0 bridgehead atoms. The molecule has 2 heterocycles. The summed E-state index contributed by atoms with van der Waals surface area (Å²) >= 11 is 0. The molecule has 0 saturated carbocycles. The number of aromatic nitrogens is 3. The van der Waals surface area contributed by atoms with Crippen molar-refractivity contribution >= 4 is 17.4 Å². The predicted molar refractivity (Wildman–Crippen MR) is 123 cm³/mol. The topological polar surface area (TPSA) is 71.8 Å². The average Bonchev–Trinajstić information content (AvgIpc) is 3.15. The fourth-order valence-corrected chi connectivity index (χ4v) is 3.67. The Morgan fingerprint density at radius 3 is 2.51 bits per heavy atom. The van der Waals surface area contributed by atoms with Crippen molar-refractivity contribution in [3.63, 3.8) is 0 Å². The molecule has 10 heteroatoms. The number of alkyl halides is 3. The van der Waals surface area contributed by atoms with Crippen molar-refractivity contribution in [2.24, 2.45) is 0 Å². The van der Waals surface area contributed by atoms with Gasteiger partial charge in [-0.15, -0.1) is 0 Å². The number of rotatable bonds is 6. The van der Waals surface area contributed by atoms with Crippen LogP contribution in [0.1, 0.15) is 32.9 Å². The van der Waals surface area contributed by atoms with Gasteiger partial charge in [0.2, 0.25) is 0 Å². The van der Waals surface area contributed by atoms with Gasteiger partial charge in [0.15, 0.2) is 0 Å². The summed E-state index contributed by atoms with van der Waals surface area (Å²) < 4.78 is 56.5. The minimum Gasteiger partial charge on any atom is -0.348 e. The average molecular weight is 483 g/mol. The molecule has 2 N–H and O–H groups in total. The molecule has 2 aromatic carbocycles. The van der Waals surface area contributed by atoms with Crippen molar-refractivity contribution in [1.82, 2.24) is 20.1 Å². The number of carbonyl (C=O) groups excluding carboxylic acids is 1. The smallest absolute Gasteiger partial charge is 0.348 e. The fraction of sp³-hybridized carbons (Fsp3) is 0.160. The highest BCUT2D eigenvalue weighted by Crippen LogP contribution is 2.34. The number of halogens is 4. The summed E-state index contributed by atoms with van der Waals surface area (Å²) in [7, 11) is 0. The zero-order valence-corrected chi connectivity index (χ0v) is 18.8. The summed E-state index contributed by atoms with van der Waals surface area (Å²) in [6, 6.07) is 14.2. The van der Waals surface area contributed by atoms with Crippen LogP contribution in [-0.2, 0) is 12.7 Å². The van der Waals surface area contributed by atoms with E-state index in [1.165, 1.54) is 53.3 Å². The summed E-state index contributed by atoms with van der Waals surface area (Å²) in [6.07, 6.45) is -3.19. The van der Waals surface area contributed by atoms with E-state index in [-0.39, 0.29) is 29.2 Å². The maximum Gasteiger partial charge on any atom is 0.416 e. The summed E-state index contributed by atoms with van der Waals surface area (Å²) in [6.45, 7) is 3.15. The van der Waals surface area contributed by atoms with Gasteiger partial charge < -0.3 is 10.6 Å². The van der Waals surface area contributed by atoms with Crippen LogP contribution in [0.4, 0.5) is 29.1 Å². The van der Waals surface area contributed by atoms with E-state index in [1.807, 2.05) is 0 Å². The number of nitrogens with zero attached hydrogens (tertiary/aromatic N) is 3. The Morgan fingerprint density at radius 1 is 1.03 bits per heavy atom. The molecule has 35 heavy (non-hydrogen) atoms. The molecule has 0 spiro atoms. The Bertz CT molecular complexity index is 1380. The van der Waals surface area contributed by atoms with Crippen molar-refractivity contribution in [2.75, 3.05) is 5.32 Å². The van der Waals surface area contributed by atoms with Gasteiger partial charge in [0.1, 0.15) is 11.6 Å². The maximum atomic E-state index is 13.8. The van der Waals surface area contributed by atoms with Crippen LogP contribution in [0, 0.1) is 19.7 Å². The van der Waals surface area contributed by atoms with Gasteiger partial charge in [-0.1, -0.05) is 12.1 Å². The third kappa shape index (κ3) is 5.48. The molecule has 0 atom stereocenters. The Balaban J connectivity index is 1.57. The molecule has 1 amide bonds. The highest BCUT2D eigenvalue weighted by atomic mass is 19.4. The largest absolute Gasteiger partial charge is 0.416 e. The number of nitrogens with one attached hydrogen (secondary N) is 2. The Morgan fingerprint density at radius 2 is 1.83 bits per heavy atom. The minimum absolute atomic E-state index is 0.0975. The molecule has 0 fully saturated rings. The van der Waals surface area contributed by atoms with E-state index in [0.717, 1.165) is 6.07 Å². The first-order valence-electron chi connectivity index (χ1n) is 10.6. The summed E-state index contributed by atoms with van der Waals surface area (Å²) in [5.41, 5.74) is 1.16. The second kappa shape index (κ2) is 9.57. The lowest BCUT2D eigenvalue weighted by atomic mass is 10.1. The molecule has 0 radical (unpaired) electrons. The van der Waals surface area contributed by atoms with Gasteiger partial charge in [0, 0.05) is 24.1 Å². The highest BCUT2D eigenvalue weighted by molar-refractivity contribution is 5.99. The van der Waals surface area contributed by atoms with Gasteiger partial charge in [0.25, 0.3) is 5.91 Å². The van der Waals surface area contributed by atoms with Gasteiger partial charge in [-0.3, -0.25) is 4.79 Å². The van der Waals surface area contributed by atoms with E-state index in [0.29, 0.717) is 17.1 Å². The number of amides is 1. The number of aryl methyl sites for hydroxylation is 2. The quantitative estimate of drug-likeness (QED) is 0.345. The highest BCUT2D eigenvalue weighted by Gasteiger charge is 2.34. The Hall–Kier alpha value is -4.21. The molecule has 180 valence electrons. The molecule has 0 aliphatic carbocycles.